The maximum Gasteiger partial charge on any atom is 0.270 e. The van der Waals surface area contributed by atoms with Crippen molar-refractivity contribution < 1.29 is 13.9 Å². The molecule has 27 heavy (non-hydrogen) atoms. The fraction of sp³-hybridized carbons (Fsp3) is 0.105. The fourth-order valence-electron chi connectivity index (χ4n) is 2.85. The van der Waals surface area contributed by atoms with Crippen molar-refractivity contribution >= 4 is 11.6 Å². The van der Waals surface area contributed by atoms with Gasteiger partial charge in [0.05, 0.1) is 19.5 Å². The van der Waals surface area contributed by atoms with Gasteiger partial charge in [0.15, 0.2) is 0 Å². The molecule has 4 rings (SSSR count). The molecule has 0 unspecified atom stereocenters. The highest BCUT2D eigenvalue weighted by atomic mass is 19.1. The molecule has 0 spiro atoms. The first-order valence-electron chi connectivity index (χ1n) is 8.22. The van der Waals surface area contributed by atoms with E-state index in [1.54, 1.807) is 29.1 Å². The molecule has 8 heteroatoms. The van der Waals surface area contributed by atoms with Gasteiger partial charge < -0.3 is 10.1 Å². The molecule has 3 aromatic heterocycles. The number of imidazole rings is 1. The molecule has 0 saturated carbocycles. The van der Waals surface area contributed by atoms with Crippen molar-refractivity contribution in [1.29, 1.82) is 0 Å². The Bertz CT molecular complexity index is 1100. The molecule has 0 saturated heterocycles. The van der Waals surface area contributed by atoms with E-state index in [1.165, 1.54) is 25.4 Å². The van der Waals surface area contributed by atoms with E-state index in [0.29, 0.717) is 22.7 Å². The number of H-pyrrole nitrogens is 1. The van der Waals surface area contributed by atoms with Crippen molar-refractivity contribution in [2.24, 2.45) is 0 Å². The summed E-state index contributed by atoms with van der Waals surface area (Å²) in [5.74, 6) is -0.317. The van der Waals surface area contributed by atoms with Gasteiger partial charge in [0.25, 0.3) is 5.91 Å². The zero-order chi connectivity index (χ0) is 18.8. The summed E-state index contributed by atoms with van der Waals surface area (Å²) in [7, 11) is 1.47. The number of carbonyl (C=O) groups is 1. The third-order valence-corrected chi connectivity index (χ3v) is 4.20. The first-order valence-corrected chi connectivity index (χ1v) is 8.22. The lowest BCUT2D eigenvalue weighted by Gasteiger charge is -2.08. The second-order valence-corrected chi connectivity index (χ2v) is 5.96. The predicted molar refractivity (Wildman–Crippen MR) is 96.9 cm³/mol. The molecule has 0 aliphatic carbocycles. The predicted octanol–water partition coefficient (Wildman–Crippen LogP) is 2.80. The van der Waals surface area contributed by atoms with Gasteiger partial charge in [-0.2, -0.15) is 5.10 Å². The van der Waals surface area contributed by atoms with Gasteiger partial charge in [-0.05, 0) is 35.4 Å². The molecular formula is C19H16FN5O2. The minimum Gasteiger partial charge on any atom is -0.497 e. The van der Waals surface area contributed by atoms with E-state index in [4.69, 9.17) is 4.74 Å². The van der Waals surface area contributed by atoms with E-state index >= 15 is 0 Å². The quantitative estimate of drug-likeness (QED) is 0.570. The number of halogens is 1. The molecule has 0 atom stereocenters. The molecule has 4 aromatic rings. The van der Waals surface area contributed by atoms with Crippen molar-refractivity contribution in [3.8, 4) is 16.9 Å². The average Bonchev–Trinajstić information content (AvgIpc) is 3.34. The normalized spacial score (nSPS) is 10.9. The number of hydrogen-bond donors (Lipinski definition) is 2. The van der Waals surface area contributed by atoms with Crippen molar-refractivity contribution in [2.75, 3.05) is 7.11 Å². The van der Waals surface area contributed by atoms with Gasteiger partial charge in [0.2, 0.25) is 0 Å². The fourth-order valence-corrected chi connectivity index (χ4v) is 2.85. The van der Waals surface area contributed by atoms with Crippen molar-refractivity contribution in [3.05, 3.63) is 72.2 Å². The number of hydrogen-bond acceptors (Lipinski definition) is 4. The van der Waals surface area contributed by atoms with Gasteiger partial charge >= 0.3 is 0 Å². The van der Waals surface area contributed by atoms with Gasteiger partial charge in [-0.1, -0.05) is 0 Å². The SMILES string of the molecule is COc1cc(F)cc(CNC(=O)c2cnc3cc(-c4cn[nH]c4)ccn23)c1. The van der Waals surface area contributed by atoms with Crippen LogP contribution in [0.2, 0.25) is 0 Å². The van der Waals surface area contributed by atoms with Gasteiger partial charge in [-0.25, -0.2) is 9.37 Å². The zero-order valence-electron chi connectivity index (χ0n) is 14.4. The third-order valence-electron chi connectivity index (χ3n) is 4.20. The molecule has 1 amide bonds. The number of nitrogens with one attached hydrogen (secondary N) is 2. The number of amides is 1. The topological polar surface area (TPSA) is 84.3 Å². The van der Waals surface area contributed by atoms with Crippen molar-refractivity contribution in [1.82, 2.24) is 24.9 Å². The van der Waals surface area contributed by atoms with E-state index in [0.717, 1.165) is 11.1 Å². The number of methoxy groups -OCH3 is 1. The van der Waals surface area contributed by atoms with Crippen LogP contribution in [0.1, 0.15) is 16.1 Å². The average molecular weight is 365 g/mol. The Kier molecular flexibility index (Phi) is 4.29. The monoisotopic (exact) mass is 365 g/mol. The van der Waals surface area contributed by atoms with Crippen LogP contribution in [0.25, 0.3) is 16.8 Å². The Hall–Kier alpha value is -3.68. The highest BCUT2D eigenvalue weighted by Crippen LogP contribution is 2.20. The second-order valence-electron chi connectivity index (χ2n) is 5.96. The minimum absolute atomic E-state index is 0.174. The lowest BCUT2D eigenvalue weighted by atomic mass is 10.1. The lowest BCUT2D eigenvalue weighted by Crippen LogP contribution is -2.24. The Labute approximate surface area is 153 Å². The smallest absolute Gasteiger partial charge is 0.270 e. The van der Waals surface area contributed by atoms with E-state index < -0.39 is 5.82 Å². The lowest BCUT2D eigenvalue weighted by molar-refractivity contribution is 0.0945. The van der Waals surface area contributed by atoms with E-state index in [9.17, 15) is 9.18 Å². The Morgan fingerprint density at radius 1 is 1.26 bits per heavy atom. The van der Waals surface area contributed by atoms with Crippen LogP contribution in [0.3, 0.4) is 0 Å². The summed E-state index contributed by atoms with van der Waals surface area (Å²) >= 11 is 0. The van der Waals surface area contributed by atoms with Gasteiger partial charge in [-0.15, -0.1) is 0 Å². The summed E-state index contributed by atoms with van der Waals surface area (Å²) in [6, 6.07) is 8.07. The van der Waals surface area contributed by atoms with Crippen LogP contribution in [0.15, 0.2) is 55.1 Å². The van der Waals surface area contributed by atoms with Gasteiger partial charge in [0.1, 0.15) is 22.9 Å². The Morgan fingerprint density at radius 2 is 2.15 bits per heavy atom. The summed E-state index contributed by atoms with van der Waals surface area (Å²) in [5.41, 5.74) is 3.53. The van der Waals surface area contributed by atoms with E-state index in [2.05, 4.69) is 20.5 Å². The van der Waals surface area contributed by atoms with Gasteiger partial charge in [0, 0.05) is 30.6 Å². The molecule has 7 nitrogen and oxygen atoms in total. The molecule has 0 fully saturated rings. The summed E-state index contributed by atoms with van der Waals surface area (Å²) < 4.78 is 20.3. The van der Waals surface area contributed by atoms with Crippen LogP contribution >= 0.6 is 0 Å². The second kappa shape index (κ2) is 6.91. The molecule has 1 aromatic carbocycles. The van der Waals surface area contributed by atoms with Crippen LogP contribution in [0, 0.1) is 5.82 Å². The number of ether oxygens (including phenoxy) is 1. The summed E-state index contributed by atoms with van der Waals surface area (Å²) in [6.45, 7) is 0.174. The summed E-state index contributed by atoms with van der Waals surface area (Å²) in [4.78, 5) is 16.8. The number of aromatic amines is 1. The zero-order valence-corrected chi connectivity index (χ0v) is 14.4. The largest absolute Gasteiger partial charge is 0.497 e. The van der Waals surface area contributed by atoms with Crippen LogP contribution in [0.4, 0.5) is 4.39 Å². The molecule has 0 aliphatic rings. The number of pyridine rings is 1. The third kappa shape index (κ3) is 3.37. The van der Waals surface area contributed by atoms with Crippen LogP contribution in [-0.4, -0.2) is 32.6 Å². The van der Waals surface area contributed by atoms with Crippen molar-refractivity contribution in [2.45, 2.75) is 6.54 Å². The maximum absolute atomic E-state index is 13.6. The number of fused-ring (bicyclic) bond motifs is 1. The summed E-state index contributed by atoms with van der Waals surface area (Å²) in [5, 5.41) is 9.48. The van der Waals surface area contributed by atoms with Crippen LogP contribution in [0.5, 0.6) is 5.75 Å². The maximum atomic E-state index is 13.6. The van der Waals surface area contributed by atoms with Crippen molar-refractivity contribution in [3.63, 3.8) is 0 Å². The molecule has 3 heterocycles. The van der Waals surface area contributed by atoms with Crippen LogP contribution < -0.4 is 10.1 Å². The molecular weight excluding hydrogens is 349 g/mol. The number of aromatic nitrogens is 4. The van der Waals surface area contributed by atoms with Gasteiger partial charge in [-0.3, -0.25) is 14.3 Å². The van der Waals surface area contributed by atoms with E-state index in [-0.39, 0.29) is 12.5 Å². The van der Waals surface area contributed by atoms with Crippen LogP contribution in [-0.2, 0) is 6.54 Å². The standard InChI is InChI=1S/C19H16FN5O2/c1-27-16-5-12(4-15(20)7-16)8-22-19(26)17-11-21-18-6-13(2-3-25(17)18)14-9-23-24-10-14/h2-7,9-11H,8H2,1H3,(H,22,26)(H,23,24). The number of benzene rings is 1. The molecule has 0 radical (unpaired) electrons. The number of carbonyl (C=O) groups excluding carboxylic acids is 1. The molecule has 0 bridgehead atoms. The Balaban J connectivity index is 1.54. The molecule has 0 aliphatic heterocycles. The molecule has 136 valence electrons. The first kappa shape index (κ1) is 16.8. The summed E-state index contributed by atoms with van der Waals surface area (Å²) in [6.07, 6.45) is 6.80. The first-order chi connectivity index (χ1) is 13.1. The van der Waals surface area contributed by atoms with E-state index in [1.807, 2.05) is 12.1 Å². The Morgan fingerprint density at radius 3 is 2.93 bits per heavy atom. The molecule has 2 N–H and O–H groups in total. The minimum atomic E-state index is -0.417. The highest BCUT2D eigenvalue weighted by Gasteiger charge is 2.13. The number of rotatable bonds is 5. The highest BCUT2D eigenvalue weighted by molar-refractivity contribution is 5.93. The number of nitrogens with zero attached hydrogens (tertiary/aromatic N) is 3.